The van der Waals surface area contributed by atoms with E-state index < -0.39 is 0 Å². The molecule has 4 aromatic rings. The molecule has 3 heteroatoms. The molecule has 0 fully saturated rings. The Morgan fingerprint density at radius 2 is 1.06 bits per heavy atom. The Kier molecular flexibility index (Phi) is 7.95. The van der Waals surface area contributed by atoms with Crippen LogP contribution in [0.3, 0.4) is 0 Å². The second-order valence-corrected chi connectivity index (χ2v) is 8.62. The van der Waals surface area contributed by atoms with Gasteiger partial charge in [-0.25, -0.2) is 0 Å². The number of hydrogen-bond acceptors (Lipinski definition) is 3. The second kappa shape index (κ2) is 11.7. The van der Waals surface area contributed by atoms with Crippen LogP contribution in [0.1, 0.15) is 48.8 Å². The van der Waals surface area contributed by atoms with E-state index in [1.54, 1.807) is 0 Å². The SMILES string of the molecule is CCC(CCCOc1ccc(-c2ccc(C#N)cc2)cc1)c1ccc(-c2ccc(C#N)cc2)cc1. The average molecular weight is 457 g/mol. The molecule has 0 radical (unpaired) electrons. The Morgan fingerprint density at radius 3 is 1.49 bits per heavy atom. The van der Waals surface area contributed by atoms with Crippen molar-refractivity contribution >= 4 is 0 Å². The van der Waals surface area contributed by atoms with Gasteiger partial charge in [0.1, 0.15) is 5.75 Å². The standard InChI is InChI=1S/C32H28N2O/c1-2-26(27-13-15-30(16-14-27)28-9-5-24(22-33)6-10-28)4-3-21-35-32-19-17-31(18-20-32)29-11-7-25(23-34)8-12-29/h5-20,26H,2-4,21H2,1H3. The van der Waals surface area contributed by atoms with Crippen LogP contribution in [0, 0.1) is 22.7 Å². The van der Waals surface area contributed by atoms with E-state index in [1.165, 1.54) is 11.1 Å². The van der Waals surface area contributed by atoms with E-state index in [9.17, 15) is 0 Å². The molecule has 0 saturated carbocycles. The van der Waals surface area contributed by atoms with Crippen LogP contribution in [0.25, 0.3) is 22.3 Å². The first-order valence-electron chi connectivity index (χ1n) is 12.0. The molecule has 0 aliphatic rings. The fourth-order valence-electron chi connectivity index (χ4n) is 4.29. The molecule has 172 valence electrons. The predicted molar refractivity (Wildman–Crippen MR) is 141 cm³/mol. The van der Waals surface area contributed by atoms with Crippen molar-refractivity contribution in [2.75, 3.05) is 6.61 Å². The quantitative estimate of drug-likeness (QED) is 0.239. The second-order valence-electron chi connectivity index (χ2n) is 8.62. The zero-order valence-corrected chi connectivity index (χ0v) is 19.9. The monoisotopic (exact) mass is 456 g/mol. The Labute approximate surface area is 207 Å². The van der Waals surface area contributed by atoms with Crippen molar-refractivity contribution in [1.29, 1.82) is 10.5 Å². The molecule has 35 heavy (non-hydrogen) atoms. The van der Waals surface area contributed by atoms with Crippen LogP contribution in [0.2, 0.25) is 0 Å². The molecule has 4 rings (SSSR count). The summed E-state index contributed by atoms with van der Waals surface area (Å²) in [5, 5.41) is 17.9. The van der Waals surface area contributed by atoms with E-state index in [2.05, 4.69) is 55.5 Å². The van der Waals surface area contributed by atoms with E-state index >= 15 is 0 Å². The Balaban J connectivity index is 1.27. The Morgan fingerprint density at radius 1 is 0.629 bits per heavy atom. The Hall–Kier alpha value is -4.34. The number of nitriles is 2. The minimum absolute atomic E-state index is 0.507. The van der Waals surface area contributed by atoms with Crippen LogP contribution in [-0.4, -0.2) is 6.61 Å². The summed E-state index contributed by atoms with van der Waals surface area (Å²) in [4.78, 5) is 0. The van der Waals surface area contributed by atoms with Gasteiger partial charge in [-0.15, -0.1) is 0 Å². The molecule has 0 N–H and O–H groups in total. The first kappa shape index (κ1) is 23.8. The van der Waals surface area contributed by atoms with Gasteiger partial charge in [-0.1, -0.05) is 67.6 Å². The first-order chi connectivity index (χ1) is 17.2. The number of benzene rings is 4. The third-order valence-electron chi connectivity index (χ3n) is 6.39. The number of hydrogen-bond donors (Lipinski definition) is 0. The molecule has 0 aliphatic carbocycles. The highest BCUT2D eigenvalue weighted by atomic mass is 16.5. The molecule has 0 aromatic heterocycles. The lowest BCUT2D eigenvalue weighted by atomic mass is 9.90. The van der Waals surface area contributed by atoms with Gasteiger partial charge < -0.3 is 4.74 Å². The van der Waals surface area contributed by atoms with Gasteiger partial charge in [-0.2, -0.15) is 10.5 Å². The number of ether oxygens (including phenoxy) is 1. The van der Waals surface area contributed by atoms with Crippen LogP contribution in [0.5, 0.6) is 5.75 Å². The molecule has 1 unspecified atom stereocenters. The summed E-state index contributed by atoms with van der Waals surface area (Å²) in [5.41, 5.74) is 7.20. The van der Waals surface area contributed by atoms with Gasteiger partial charge in [0.05, 0.1) is 29.9 Å². The van der Waals surface area contributed by atoms with Crippen molar-refractivity contribution in [2.24, 2.45) is 0 Å². The molecular formula is C32H28N2O. The maximum absolute atomic E-state index is 8.98. The lowest BCUT2D eigenvalue weighted by Crippen LogP contribution is -2.03. The number of rotatable bonds is 9. The zero-order chi connectivity index (χ0) is 24.5. The highest BCUT2D eigenvalue weighted by molar-refractivity contribution is 5.65. The fraction of sp³-hybridized carbons (Fsp3) is 0.188. The molecule has 4 aromatic carbocycles. The molecule has 0 heterocycles. The third kappa shape index (κ3) is 6.17. The topological polar surface area (TPSA) is 56.8 Å². The number of nitrogens with zero attached hydrogens (tertiary/aromatic N) is 2. The maximum atomic E-state index is 8.98. The summed E-state index contributed by atoms with van der Waals surface area (Å²) in [6.07, 6.45) is 3.17. The summed E-state index contributed by atoms with van der Waals surface area (Å²) in [5.74, 6) is 1.38. The smallest absolute Gasteiger partial charge is 0.119 e. The zero-order valence-electron chi connectivity index (χ0n) is 19.9. The fourth-order valence-corrected chi connectivity index (χ4v) is 4.29. The lowest BCUT2D eigenvalue weighted by molar-refractivity contribution is 0.300. The van der Waals surface area contributed by atoms with Crippen LogP contribution in [-0.2, 0) is 0 Å². The summed E-state index contributed by atoms with van der Waals surface area (Å²) < 4.78 is 5.99. The molecule has 0 saturated heterocycles. The molecule has 0 bridgehead atoms. The largest absolute Gasteiger partial charge is 0.494 e. The molecular weight excluding hydrogens is 428 g/mol. The van der Waals surface area contributed by atoms with Crippen molar-refractivity contribution in [3.63, 3.8) is 0 Å². The predicted octanol–water partition coefficient (Wildman–Crippen LogP) is 8.12. The van der Waals surface area contributed by atoms with Gasteiger partial charge in [0.2, 0.25) is 0 Å². The van der Waals surface area contributed by atoms with Gasteiger partial charge >= 0.3 is 0 Å². The van der Waals surface area contributed by atoms with Crippen molar-refractivity contribution < 1.29 is 4.74 Å². The van der Waals surface area contributed by atoms with Crippen molar-refractivity contribution in [2.45, 2.75) is 32.1 Å². The lowest BCUT2D eigenvalue weighted by Gasteiger charge is -2.16. The van der Waals surface area contributed by atoms with E-state index in [0.717, 1.165) is 41.7 Å². The molecule has 1 atom stereocenters. The van der Waals surface area contributed by atoms with Crippen LogP contribution in [0.15, 0.2) is 97.1 Å². The summed E-state index contributed by atoms with van der Waals surface area (Å²) in [6.45, 7) is 2.93. The van der Waals surface area contributed by atoms with E-state index in [-0.39, 0.29) is 0 Å². The minimum atomic E-state index is 0.507. The van der Waals surface area contributed by atoms with Gasteiger partial charge in [0.15, 0.2) is 0 Å². The van der Waals surface area contributed by atoms with E-state index in [0.29, 0.717) is 23.7 Å². The van der Waals surface area contributed by atoms with Crippen molar-refractivity contribution in [3.05, 3.63) is 114 Å². The van der Waals surface area contributed by atoms with Gasteiger partial charge in [0, 0.05) is 0 Å². The normalized spacial score (nSPS) is 11.3. The highest BCUT2D eigenvalue weighted by Gasteiger charge is 2.10. The molecule has 0 spiro atoms. The third-order valence-corrected chi connectivity index (χ3v) is 6.39. The summed E-state index contributed by atoms with van der Waals surface area (Å²) in [6, 6.07) is 36.6. The average Bonchev–Trinajstić information content (AvgIpc) is 2.94. The Bertz CT molecular complexity index is 1310. The molecule has 0 aliphatic heterocycles. The van der Waals surface area contributed by atoms with Gasteiger partial charge in [0.25, 0.3) is 0 Å². The van der Waals surface area contributed by atoms with Crippen molar-refractivity contribution in [3.8, 4) is 40.1 Å². The van der Waals surface area contributed by atoms with E-state index in [4.69, 9.17) is 15.3 Å². The van der Waals surface area contributed by atoms with Crippen LogP contribution < -0.4 is 4.74 Å². The van der Waals surface area contributed by atoms with Gasteiger partial charge in [-0.3, -0.25) is 0 Å². The van der Waals surface area contributed by atoms with Crippen LogP contribution >= 0.6 is 0 Å². The first-order valence-corrected chi connectivity index (χ1v) is 12.0. The molecule has 0 amide bonds. The highest BCUT2D eigenvalue weighted by Crippen LogP contribution is 2.28. The van der Waals surface area contributed by atoms with Gasteiger partial charge in [-0.05, 0) is 89.4 Å². The minimum Gasteiger partial charge on any atom is -0.494 e. The van der Waals surface area contributed by atoms with E-state index in [1.807, 2.05) is 60.7 Å². The molecule has 3 nitrogen and oxygen atoms in total. The maximum Gasteiger partial charge on any atom is 0.119 e. The summed E-state index contributed by atoms with van der Waals surface area (Å²) in [7, 11) is 0. The van der Waals surface area contributed by atoms with Crippen molar-refractivity contribution in [1.82, 2.24) is 0 Å². The van der Waals surface area contributed by atoms with Crippen LogP contribution in [0.4, 0.5) is 0 Å². The summed E-state index contributed by atoms with van der Waals surface area (Å²) >= 11 is 0.